The number of nitrogens with one attached hydrogen (secondary N) is 1. The SMILES string of the molecule is COc1cc(OC)c(OC)cc1CNC(=O)c1ccc(C(F)(F)F)nc1C. The standard InChI is InChI=1S/C18H19F3N2O4/c1-10-12(5-6-16(23-10)18(19,20)21)17(24)22-9-11-7-14(26-3)15(27-4)8-13(11)25-2/h5-8H,9H2,1-4H3,(H,22,24). The Morgan fingerprint density at radius 2 is 1.63 bits per heavy atom. The first kappa shape index (κ1) is 20.3. The van der Waals surface area contributed by atoms with E-state index in [1.54, 1.807) is 12.1 Å². The maximum atomic E-state index is 12.7. The topological polar surface area (TPSA) is 69.7 Å². The Bertz CT molecular complexity index is 838. The number of aromatic nitrogens is 1. The molecule has 0 saturated carbocycles. The first-order valence-electron chi connectivity index (χ1n) is 7.83. The van der Waals surface area contributed by atoms with Gasteiger partial charge in [-0.2, -0.15) is 13.2 Å². The smallest absolute Gasteiger partial charge is 0.433 e. The molecule has 0 aliphatic rings. The number of methoxy groups -OCH3 is 3. The lowest BCUT2D eigenvalue weighted by Crippen LogP contribution is -2.25. The van der Waals surface area contributed by atoms with Crippen LogP contribution in [-0.4, -0.2) is 32.2 Å². The van der Waals surface area contributed by atoms with Crippen LogP contribution in [0.3, 0.4) is 0 Å². The van der Waals surface area contributed by atoms with Gasteiger partial charge in [-0.1, -0.05) is 0 Å². The lowest BCUT2D eigenvalue weighted by atomic mass is 10.1. The molecule has 0 fully saturated rings. The number of carbonyl (C=O) groups excluding carboxylic acids is 1. The van der Waals surface area contributed by atoms with Gasteiger partial charge in [-0.15, -0.1) is 0 Å². The van der Waals surface area contributed by atoms with Crippen molar-refractivity contribution in [3.63, 3.8) is 0 Å². The molecular weight excluding hydrogens is 365 g/mol. The van der Waals surface area contributed by atoms with E-state index in [2.05, 4.69) is 10.3 Å². The van der Waals surface area contributed by atoms with Gasteiger partial charge in [0.05, 0.1) is 32.6 Å². The number of rotatable bonds is 6. The summed E-state index contributed by atoms with van der Waals surface area (Å²) in [6, 6.07) is 5.15. The fraction of sp³-hybridized carbons (Fsp3) is 0.333. The van der Waals surface area contributed by atoms with Crippen molar-refractivity contribution >= 4 is 5.91 Å². The third kappa shape index (κ3) is 4.60. The molecule has 0 saturated heterocycles. The predicted molar refractivity (Wildman–Crippen MR) is 91.2 cm³/mol. The van der Waals surface area contributed by atoms with E-state index in [1.807, 2.05) is 0 Å². The molecule has 0 unspecified atom stereocenters. The van der Waals surface area contributed by atoms with E-state index >= 15 is 0 Å². The summed E-state index contributed by atoms with van der Waals surface area (Å²) in [5.74, 6) is 0.836. The van der Waals surface area contributed by atoms with Crippen LogP contribution in [0.4, 0.5) is 13.2 Å². The summed E-state index contributed by atoms with van der Waals surface area (Å²) >= 11 is 0. The van der Waals surface area contributed by atoms with Crippen LogP contribution in [0.25, 0.3) is 0 Å². The average molecular weight is 384 g/mol. The molecule has 6 nitrogen and oxygen atoms in total. The van der Waals surface area contributed by atoms with E-state index in [0.29, 0.717) is 22.8 Å². The summed E-state index contributed by atoms with van der Waals surface area (Å²) in [6.07, 6.45) is -4.56. The summed E-state index contributed by atoms with van der Waals surface area (Å²) in [6.45, 7) is 1.42. The Morgan fingerprint density at radius 3 is 2.15 bits per heavy atom. The number of hydrogen-bond donors (Lipinski definition) is 1. The van der Waals surface area contributed by atoms with Gasteiger partial charge in [0.1, 0.15) is 11.4 Å². The van der Waals surface area contributed by atoms with Crippen LogP contribution in [0.15, 0.2) is 24.3 Å². The van der Waals surface area contributed by atoms with Crippen molar-refractivity contribution in [2.75, 3.05) is 21.3 Å². The van der Waals surface area contributed by atoms with Gasteiger partial charge in [-0.3, -0.25) is 4.79 Å². The van der Waals surface area contributed by atoms with Gasteiger partial charge in [-0.25, -0.2) is 4.98 Å². The van der Waals surface area contributed by atoms with Crippen LogP contribution in [0.5, 0.6) is 17.2 Å². The monoisotopic (exact) mass is 384 g/mol. The molecule has 2 rings (SSSR count). The van der Waals surface area contributed by atoms with E-state index in [1.165, 1.54) is 28.3 Å². The van der Waals surface area contributed by atoms with Gasteiger partial charge in [-0.05, 0) is 25.1 Å². The van der Waals surface area contributed by atoms with Crippen molar-refractivity contribution in [3.05, 3.63) is 46.8 Å². The van der Waals surface area contributed by atoms with E-state index in [4.69, 9.17) is 14.2 Å². The third-order valence-electron chi connectivity index (χ3n) is 3.85. The molecule has 2 aromatic rings. The molecule has 1 aromatic heterocycles. The van der Waals surface area contributed by atoms with Crippen LogP contribution in [0.1, 0.15) is 27.3 Å². The molecule has 0 bridgehead atoms. The minimum Gasteiger partial charge on any atom is -0.496 e. The third-order valence-corrected chi connectivity index (χ3v) is 3.85. The van der Waals surface area contributed by atoms with Crippen molar-refractivity contribution in [2.24, 2.45) is 0 Å². The van der Waals surface area contributed by atoms with Crippen LogP contribution in [-0.2, 0) is 12.7 Å². The van der Waals surface area contributed by atoms with Crippen molar-refractivity contribution in [3.8, 4) is 17.2 Å². The van der Waals surface area contributed by atoms with Gasteiger partial charge >= 0.3 is 6.18 Å². The number of carbonyl (C=O) groups is 1. The zero-order valence-electron chi connectivity index (χ0n) is 15.2. The van der Waals surface area contributed by atoms with Gasteiger partial charge in [0.25, 0.3) is 5.91 Å². The summed E-state index contributed by atoms with van der Waals surface area (Å²) in [5.41, 5.74) is -0.386. The molecule has 1 N–H and O–H groups in total. The van der Waals surface area contributed by atoms with E-state index in [9.17, 15) is 18.0 Å². The van der Waals surface area contributed by atoms with Gasteiger partial charge in [0.2, 0.25) is 0 Å². The molecule has 0 radical (unpaired) electrons. The highest BCUT2D eigenvalue weighted by Crippen LogP contribution is 2.34. The number of amides is 1. The fourth-order valence-corrected chi connectivity index (χ4v) is 2.46. The maximum Gasteiger partial charge on any atom is 0.433 e. The zero-order chi connectivity index (χ0) is 20.2. The minimum atomic E-state index is -4.56. The minimum absolute atomic E-state index is 0.0124. The molecule has 1 heterocycles. The number of aryl methyl sites for hydroxylation is 1. The molecule has 0 atom stereocenters. The Hall–Kier alpha value is -2.97. The summed E-state index contributed by atoms with van der Waals surface area (Å²) in [5, 5.41) is 2.64. The first-order valence-corrected chi connectivity index (χ1v) is 7.83. The fourth-order valence-electron chi connectivity index (χ4n) is 2.46. The highest BCUT2D eigenvalue weighted by molar-refractivity contribution is 5.95. The molecule has 0 aliphatic heterocycles. The largest absolute Gasteiger partial charge is 0.496 e. The lowest BCUT2D eigenvalue weighted by molar-refractivity contribution is -0.141. The number of pyridine rings is 1. The van der Waals surface area contributed by atoms with E-state index < -0.39 is 17.8 Å². The molecular formula is C18H19F3N2O4. The van der Waals surface area contributed by atoms with Crippen molar-refractivity contribution in [1.82, 2.24) is 10.3 Å². The maximum absolute atomic E-state index is 12.7. The molecule has 1 amide bonds. The first-order chi connectivity index (χ1) is 12.7. The highest BCUT2D eigenvalue weighted by atomic mass is 19.4. The highest BCUT2D eigenvalue weighted by Gasteiger charge is 2.33. The van der Waals surface area contributed by atoms with Crippen molar-refractivity contribution in [1.29, 1.82) is 0 Å². The summed E-state index contributed by atoms with van der Waals surface area (Å²) in [4.78, 5) is 15.8. The number of alkyl halides is 3. The van der Waals surface area contributed by atoms with Crippen LogP contribution in [0.2, 0.25) is 0 Å². The summed E-state index contributed by atoms with van der Waals surface area (Å²) < 4.78 is 53.8. The Morgan fingerprint density at radius 1 is 1.04 bits per heavy atom. The van der Waals surface area contributed by atoms with E-state index in [-0.39, 0.29) is 17.8 Å². The predicted octanol–water partition coefficient (Wildman–Crippen LogP) is 3.36. The molecule has 0 aliphatic carbocycles. The zero-order valence-corrected chi connectivity index (χ0v) is 15.2. The molecule has 146 valence electrons. The van der Waals surface area contributed by atoms with E-state index in [0.717, 1.165) is 12.1 Å². The molecule has 0 spiro atoms. The molecule has 1 aromatic carbocycles. The number of ether oxygens (including phenoxy) is 3. The number of halogens is 3. The second-order valence-electron chi connectivity index (χ2n) is 5.53. The Kier molecular flexibility index (Phi) is 6.14. The van der Waals surface area contributed by atoms with Gasteiger partial charge in [0.15, 0.2) is 11.5 Å². The number of nitrogens with zero attached hydrogens (tertiary/aromatic N) is 1. The average Bonchev–Trinajstić information content (AvgIpc) is 2.64. The number of hydrogen-bond acceptors (Lipinski definition) is 5. The van der Waals surface area contributed by atoms with Crippen LogP contribution < -0.4 is 19.5 Å². The van der Waals surface area contributed by atoms with Gasteiger partial charge in [0, 0.05) is 18.2 Å². The van der Waals surface area contributed by atoms with Crippen molar-refractivity contribution in [2.45, 2.75) is 19.6 Å². The van der Waals surface area contributed by atoms with Crippen LogP contribution >= 0.6 is 0 Å². The second kappa shape index (κ2) is 8.15. The van der Waals surface area contributed by atoms with Crippen LogP contribution in [0, 0.1) is 6.92 Å². The lowest BCUT2D eigenvalue weighted by Gasteiger charge is -2.15. The normalized spacial score (nSPS) is 11.1. The Labute approximate surface area is 154 Å². The quantitative estimate of drug-likeness (QED) is 0.827. The Balaban J connectivity index is 2.20. The van der Waals surface area contributed by atoms with Gasteiger partial charge < -0.3 is 19.5 Å². The molecule has 27 heavy (non-hydrogen) atoms. The second-order valence-corrected chi connectivity index (χ2v) is 5.53. The number of benzene rings is 1. The summed E-state index contributed by atoms with van der Waals surface area (Å²) in [7, 11) is 4.43. The van der Waals surface area contributed by atoms with Crippen molar-refractivity contribution < 1.29 is 32.2 Å². The molecule has 9 heteroatoms.